The first-order valence-electron chi connectivity index (χ1n) is 9.51. The minimum atomic E-state index is -0.174. The Hall–Kier alpha value is 0.408. The summed E-state index contributed by atoms with van der Waals surface area (Å²) in [5.74, 6) is -0.995. The summed E-state index contributed by atoms with van der Waals surface area (Å²) in [5.41, 5.74) is 0. The van der Waals surface area contributed by atoms with Crippen LogP contribution in [0.15, 0.2) is 0 Å². The summed E-state index contributed by atoms with van der Waals surface area (Å²) < 4.78 is 0. The van der Waals surface area contributed by atoms with E-state index < -0.39 is 0 Å². The van der Waals surface area contributed by atoms with Crippen molar-refractivity contribution in [3.05, 3.63) is 27.9 Å². The molecule has 2 N–H and O–H groups in total. The predicted octanol–water partition coefficient (Wildman–Crippen LogP) is 0.955. The zero-order chi connectivity index (χ0) is 21.7. The Kier molecular flexibility index (Phi) is 23.4. The van der Waals surface area contributed by atoms with Gasteiger partial charge in [0.25, 0.3) is 0 Å². The van der Waals surface area contributed by atoms with E-state index in [1.54, 1.807) is 13.8 Å². The smallest absolute Gasteiger partial charge is 0.202 e. The molecule has 0 saturated carbocycles. The van der Waals surface area contributed by atoms with Crippen LogP contribution in [-0.4, -0.2) is 59.6 Å². The number of hydrogen-bond donors (Lipinski definition) is 2. The second kappa shape index (κ2) is 20.0. The number of rotatable bonds is 7. The zero-order valence-electron chi connectivity index (χ0n) is 18.3. The van der Waals surface area contributed by atoms with Crippen molar-refractivity contribution in [1.29, 1.82) is 0 Å². The minimum absolute atomic E-state index is 0. The van der Waals surface area contributed by atoms with Gasteiger partial charge in [-0.1, -0.05) is 13.8 Å². The molecule has 2 rings (SSSR count). The van der Waals surface area contributed by atoms with Gasteiger partial charge in [-0.25, -0.2) is 14.1 Å². The molecule has 0 aliphatic carbocycles. The fraction of sp³-hybridized carbons (Fsp3) is 0.600. The molecular weight excluding hydrogens is 538 g/mol. The van der Waals surface area contributed by atoms with Gasteiger partial charge in [0.15, 0.2) is 11.8 Å². The number of nitrogens with one attached hydrogen (secondary N) is 2. The normalized spacial score (nSPS) is 20.1. The molecule has 2 unspecified atom stereocenters. The van der Waals surface area contributed by atoms with Crippen LogP contribution in [0.2, 0.25) is 0 Å². The molecule has 168 valence electrons. The molecule has 2 saturated heterocycles. The summed E-state index contributed by atoms with van der Waals surface area (Å²) in [6, 6.07) is 0. The van der Waals surface area contributed by atoms with Gasteiger partial charge in [-0.2, -0.15) is 12.8 Å². The maximum Gasteiger partial charge on any atom is 0.202 e. The van der Waals surface area contributed by atoms with Crippen LogP contribution >= 0.6 is 0 Å². The Labute approximate surface area is 232 Å². The Morgan fingerprint density at radius 2 is 1.03 bits per heavy atom. The van der Waals surface area contributed by atoms with E-state index in [0.717, 1.165) is 48.8 Å². The molecule has 0 bridgehead atoms. The Balaban J connectivity index is -0.000000353. The van der Waals surface area contributed by atoms with E-state index in [1.807, 2.05) is 0 Å². The molecule has 2 aliphatic rings. The van der Waals surface area contributed by atoms with Crippen LogP contribution in [0.4, 0.5) is 0 Å². The molecule has 0 aromatic heterocycles. The van der Waals surface area contributed by atoms with Gasteiger partial charge in [-0.3, -0.25) is 19.2 Å². The third kappa shape index (κ3) is 13.7. The summed E-state index contributed by atoms with van der Waals surface area (Å²) in [6.45, 7) is 15.0. The summed E-state index contributed by atoms with van der Waals surface area (Å²) in [6.07, 6.45) is 2.58. The van der Waals surface area contributed by atoms with Crippen LogP contribution in [0.3, 0.4) is 0 Å². The van der Waals surface area contributed by atoms with Gasteiger partial charge in [-0.05, 0) is 13.1 Å². The number of imide groups is 2. The molecule has 2 radical (unpaired) electrons. The quantitative estimate of drug-likeness (QED) is 0.268. The van der Waals surface area contributed by atoms with Crippen LogP contribution in [0.5, 0.6) is 0 Å². The fourth-order valence-electron chi connectivity index (χ4n) is 2.37. The number of amides is 4. The monoisotopic (exact) mass is 572 g/mol. The number of carbonyl (C=O) groups is 4. The first-order chi connectivity index (χ1) is 13.2. The molecule has 8 nitrogen and oxygen atoms in total. The molecule has 2 atom stereocenters. The maximum atomic E-state index is 10.8. The van der Waals surface area contributed by atoms with E-state index in [4.69, 9.17) is 0 Å². The molecule has 2 aliphatic heterocycles. The van der Waals surface area contributed by atoms with Gasteiger partial charge >= 0.3 is 0 Å². The third-order valence-electron chi connectivity index (χ3n) is 4.12. The minimum Gasteiger partial charge on any atom is -0.438 e. The van der Waals surface area contributed by atoms with Crippen LogP contribution in [-0.2, 0) is 84.6 Å². The molecule has 2 heterocycles. The van der Waals surface area contributed by atoms with E-state index in [-0.39, 0.29) is 101 Å². The van der Waals surface area contributed by atoms with Gasteiger partial charge in [-0.15, -0.1) is 0 Å². The Bertz CT molecular complexity index is 489. The SMILES string of the molecule is [CH2-]CCNCCNCC[CH2-].[CH2-]N1C(=O)CC(C)C1=O.[CH2-]N1C(=O)CC(C)C1=O.[Y].[Y]. The first kappa shape index (κ1) is 35.0. The summed E-state index contributed by atoms with van der Waals surface area (Å²) >= 11 is 0. The van der Waals surface area contributed by atoms with Crippen molar-refractivity contribution in [2.45, 2.75) is 39.5 Å². The van der Waals surface area contributed by atoms with Gasteiger partial charge < -0.3 is 34.3 Å². The van der Waals surface area contributed by atoms with E-state index in [2.05, 4.69) is 38.6 Å². The summed E-state index contributed by atoms with van der Waals surface area (Å²) in [4.78, 5) is 44.7. The molecular formula is C20H34N4O4Y2-4. The standard InChI is InChI=1S/C8H18N2.2C6H8NO2.2Y/c1-3-5-9-7-8-10-6-4-2;2*1-4-3-5(8)7(2)6(4)9;;/h9-10H,1-8H2;2*4H,2-3H2,1H3;;/q-2;2*-1;;. The van der Waals surface area contributed by atoms with Crippen LogP contribution in [0.1, 0.15) is 39.5 Å². The Morgan fingerprint density at radius 1 is 0.733 bits per heavy atom. The molecule has 0 aromatic carbocycles. The zero-order valence-corrected chi connectivity index (χ0v) is 24.0. The van der Waals surface area contributed by atoms with Gasteiger partial charge in [0.05, 0.1) is 0 Å². The maximum absolute atomic E-state index is 10.8. The van der Waals surface area contributed by atoms with Crippen LogP contribution in [0, 0.1) is 39.8 Å². The number of hydrogen-bond acceptors (Lipinski definition) is 6. The van der Waals surface area contributed by atoms with Crippen molar-refractivity contribution >= 4 is 23.6 Å². The van der Waals surface area contributed by atoms with E-state index in [9.17, 15) is 19.2 Å². The molecule has 2 fully saturated rings. The summed E-state index contributed by atoms with van der Waals surface area (Å²) in [5, 5.41) is 6.50. The molecule has 4 amide bonds. The van der Waals surface area contributed by atoms with Gasteiger partial charge in [0.1, 0.15) is 0 Å². The van der Waals surface area contributed by atoms with Crippen molar-refractivity contribution in [1.82, 2.24) is 20.4 Å². The second-order valence-electron chi connectivity index (χ2n) is 6.74. The topological polar surface area (TPSA) is 98.8 Å². The van der Waals surface area contributed by atoms with Crippen molar-refractivity contribution in [3.63, 3.8) is 0 Å². The third-order valence-corrected chi connectivity index (χ3v) is 4.12. The number of likely N-dealkylation sites (tertiary alicyclic amines) is 2. The Morgan fingerprint density at radius 3 is 1.17 bits per heavy atom. The molecule has 10 heteroatoms. The number of carbonyl (C=O) groups excluding carboxylic acids is 4. The van der Waals surface area contributed by atoms with Crippen molar-refractivity contribution in [2.24, 2.45) is 11.8 Å². The number of nitrogens with zero attached hydrogens (tertiary/aromatic N) is 2. The van der Waals surface area contributed by atoms with E-state index >= 15 is 0 Å². The molecule has 30 heavy (non-hydrogen) atoms. The average Bonchev–Trinajstić information content (AvgIpc) is 3.02. The summed E-state index contributed by atoms with van der Waals surface area (Å²) in [7, 11) is 6.57. The average molecular weight is 572 g/mol. The second-order valence-corrected chi connectivity index (χ2v) is 6.74. The van der Waals surface area contributed by atoms with Crippen molar-refractivity contribution < 1.29 is 84.6 Å². The fourth-order valence-corrected chi connectivity index (χ4v) is 2.37. The van der Waals surface area contributed by atoms with E-state index in [1.165, 1.54) is 0 Å². The van der Waals surface area contributed by atoms with Crippen molar-refractivity contribution in [3.8, 4) is 0 Å². The predicted molar refractivity (Wildman–Crippen MR) is 108 cm³/mol. The van der Waals surface area contributed by atoms with E-state index in [0.29, 0.717) is 12.8 Å². The van der Waals surface area contributed by atoms with Crippen LogP contribution < -0.4 is 10.6 Å². The first-order valence-corrected chi connectivity index (χ1v) is 9.51. The van der Waals surface area contributed by atoms with Crippen LogP contribution in [0.25, 0.3) is 0 Å². The van der Waals surface area contributed by atoms with Crippen molar-refractivity contribution in [2.75, 3.05) is 26.2 Å². The molecule has 0 aromatic rings. The van der Waals surface area contributed by atoms with Gasteiger partial charge in [0, 0.05) is 103 Å². The largest absolute Gasteiger partial charge is 0.438 e. The van der Waals surface area contributed by atoms with Gasteiger partial charge in [0.2, 0.25) is 11.8 Å². The molecule has 0 spiro atoms.